The van der Waals surface area contributed by atoms with Crippen molar-refractivity contribution in [3.8, 4) is 11.4 Å². The van der Waals surface area contributed by atoms with E-state index in [1.165, 1.54) is 0 Å². The van der Waals surface area contributed by atoms with Gasteiger partial charge in [0.2, 0.25) is 0 Å². The molecule has 4 heterocycles. The van der Waals surface area contributed by atoms with Crippen LogP contribution in [-0.2, 0) is 12.6 Å². The number of anilines is 1. The predicted molar refractivity (Wildman–Crippen MR) is 107 cm³/mol. The molecule has 1 fully saturated rings. The molecule has 7 nitrogen and oxygen atoms in total. The summed E-state index contributed by atoms with van der Waals surface area (Å²) in [6, 6.07) is 13.6. The molecule has 7 heteroatoms. The average molecular weight is 372 g/mol. The van der Waals surface area contributed by atoms with Gasteiger partial charge in [0, 0.05) is 31.5 Å². The third kappa shape index (κ3) is 2.71. The van der Waals surface area contributed by atoms with E-state index >= 15 is 0 Å². The molecule has 5 rings (SSSR count). The highest BCUT2D eigenvalue weighted by Gasteiger charge is 2.39. The molecule has 4 aromatic rings. The van der Waals surface area contributed by atoms with Gasteiger partial charge in [-0.3, -0.25) is 9.67 Å². The molecular weight excluding hydrogens is 352 g/mol. The van der Waals surface area contributed by atoms with Crippen LogP contribution >= 0.6 is 0 Å². The van der Waals surface area contributed by atoms with Gasteiger partial charge in [0.1, 0.15) is 11.4 Å². The van der Waals surface area contributed by atoms with E-state index in [4.69, 9.17) is 9.97 Å². The second-order valence-electron chi connectivity index (χ2n) is 7.19. The standard InChI is InChI=1S/C21H20N6O/c1-26-19-17(13-23-26)20(25-18(24-19)15-6-5-10-22-12-15)27-11-9-21(28,14-27)16-7-3-2-4-8-16/h2-8,10,12-13,28H,9,11,14H2,1H3/t21-/m1/s1. The van der Waals surface area contributed by atoms with Crippen molar-refractivity contribution in [1.29, 1.82) is 0 Å². The Hall–Kier alpha value is -3.32. The lowest BCUT2D eigenvalue weighted by Crippen LogP contribution is -2.31. The Kier molecular flexibility index (Phi) is 3.84. The van der Waals surface area contributed by atoms with E-state index in [0.29, 0.717) is 25.3 Å². The summed E-state index contributed by atoms with van der Waals surface area (Å²) in [6.45, 7) is 1.18. The molecule has 1 aromatic carbocycles. The smallest absolute Gasteiger partial charge is 0.165 e. The summed E-state index contributed by atoms with van der Waals surface area (Å²) in [5.74, 6) is 1.40. The van der Waals surface area contributed by atoms with Crippen molar-refractivity contribution >= 4 is 16.9 Å². The van der Waals surface area contributed by atoms with Crippen LogP contribution in [0.3, 0.4) is 0 Å². The van der Waals surface area contributed by atoms with E-state index < -0.39 is 5.60 Å². The van der Waals surface area contributed by atoms with Gasteiger partial charge in [-0.05, 0) is 24.1 Å². The Labute approximate surface area is 162 Å². The van der Waals surface area contributed by atoms with Crippen molar-refractivity contribution < 1.29 is 5.11 Å². The number of aliphatic hydroxyl groups is 1. The molecule has 28 heavy (non-hydrogen) atoms. The van der Waals surface area contributed by atoms with Crippen molar-refractivity contribution in [3.63, 3.8) is 0 Å². The highest BCUT2D eigenvalue weighted by molar-refractivity contribution is 5.88. The second kappa shape index (κ2) is 6.38. The lowest BCUT2D eigenvalue weighted by molar-refractivity contribution is 0.0606. The highest BCUT2D eigenvalue weighted by atomic mass is 16.3. The Balaban J connectivity index is 1.59. The number of pyridine rings is 1. The Bertz CT molecular complexity index is 1130. The molecule has 0 radical (unpaired) electrons. The summed E-state index contributed by atoms with van der Waals surface area (Å²) >= 11 is 0. The molecule has 0 aliphatic carbocycles. The maximum absolute atomic E-state index is 11.2. The zero-order valence-electron chi connectivity index (χ0n) is 15.5. The average Bonchev–Trinajstić information content (AvgIpc) is 3.33. The quantitative estimate of drug-likeness (QED) is 0.595. The number of β-amino-alcohol motifs (C(OH)–C–C–N with tert-alkyl or cyclic N) is 1. The number of aromatic nitrogens is 5. The van der Waals surface area contributed by atoms with Crippen molar-refractivity contribution in [2.45, 2.75) is 12.0 Å². The van der Waals surface area contributed by atoms with Crippen molar-refractivity contribution in [2.24, 2.45) is 7.05 Å². The first kappa shape index (κ1) is 16.8. The van der Waals surface area contributed by atoms with Crippen LogP contribution in [0, 0.1) is 0 Å². The molecule has 1 saturated heterocycles. The molecule has 1 N–H and O–H groups in total. The van der Waals surface area contributed by atoms with Gasteiger partial charge in [-0.1, -0.05) is 30.3 Å². The first-order chi connectivity index (χ1) is 13.6. The number of rotatable bonds is 3. The summed E-state index contributed by atoms with van der Waals surface area (Å²) in [7, 11) is 1.87. The molecule has 1 atom stereocenters. The van der Waals surface area contributed by atoms with Crippen LogP contribution in [-0.4, -0.2) is 42.9 Å². The summed E-state index contributed by atoms with van der Waals surface area (Å²) < 4.78 is 1.75. The lowest BCUT2D eigenvalue weighted by Gasteiger charge is -2.24. The van der Waals surface area contributed by atoms with E-state index in [0.717, 1.165) is 28.0 Å². The molecule has 0 unspecified atom stereocenters. The number of hydrogen-bond acceptors (Lipinski definition) is 6. The number of hydrogen-bond donors (Lipinski definition) is 1. The first-order valence-corrected chi connectivity index (χ1v) is 9.27. The maximum atomic E-state index is 11.2. The van der Waals surface area contributed by atoms with E-state index in [-0.39, 0.29) is 0 Å². The van der Waals surface area contributed by atoms with Crippen LogP contribution < -0.4 is 4.90 Å². The molecule has 1 aliphatic rings. The van der Waals surface area contributed by atoms with Gasteiger partial charge in [-0.2, -0.15) is 5.10 Å². The first-order valence-electron chi connectivity index (χ1n) is 9.27. The van der Waals surface area contributed by atoms with Crippen LogP contribution in [0.4, 0.5) is 5.82 Å². The maximum Gasteiger partial charge on any atom is 0.165 e. The summed E-state index contributed by atoms with van der Waals surface area (Å²) in [5, 5.41) is 16.5. The van der Waals surface area contributed by atoms with Crippen molar-refractivity contribution in [2.75, 3.05) is 18.0 Å². The minimum absolute atomic E-state index is 0.477. The Morgan fingerprint density at radius 3 is 2.68 bits per heavy atom. The van der Waals surface area contributed by atoms with E-state index in [9.17, 15) is 5.11 Å². The van der Waals surface area contributed by atoms with Crippen LogP contribution in [0.15, 0.2) is 61.1 Å². The molecule has 3 aromatic heterocycles. The third-order valence-corrected chi connectivity index (χ3v) is 5.35. The molecule has 0 saturated carbocycles. The molecule has 1 aliphatic heterocycles. The second-order valence-corrected chi connectivity index (χ2v) is 7.19. The fraction of sp³-hybridized carbons (Fsp3) is 0.238. The topological polar surface area (TPSA) is 80.0 Å². The number of benzene rings is 1. The van der Waals surface area contributed by atoms with Gasteiger partial charge < -0.3 is 10.0 Å². The van der Waals surface area contributed by atoms with Gasteiger partial charge in [-0.25, -0.2) is 9.97 Å². The molecule has 0 bridgehead atoms. The monoisotopic (exact) mass is 372 g/mol. The van der Waals surface area contributed by atoms with Crippen molar-refractivity contribution in [3.05, 3.63) is 66.6 Å². The number of fused-ring (bicyclic) bond motifs is 1. The fourth-order valence-electron chi connectivity index (χ4n) is 3.83. The van der Waals surface area contributed by atoms with Gasteiger partial charge >= 0.3 is 0 Å². The van der Waals surface area contributed by atoms with E-state index in [2.05, 4.69) is 15.0 Å². The van der Waals surface area contributed by atoms with E-state index in [1.807, 2.05) is 49.5 Å². The fourth-order valence-corrected chi connectivity index (χ4v) is 3.83. The summed E-state index contributed by atoms with van der Waals surface area (Å²) in [4.78, 5) is 15.8. The lowest BCUT2D eigenvalue weighted by atomic mass is 9.93. The predicted octanol–water partition coefficient (Wildman–Crippen LogP) is 2.52. The molecule has 0 spiro atoms. The zero-order valence-corrected chi connectivity index (χ0v) is 15.5. The minimum Gasteiger partial charge on any atom is -0.383 e. The van der Waals surface area contributed by atoms with Gasteiger partial charge in [0.15, 0.2) is 11.5 Å². The van der Waals surface area contributed by atoms with Crippen LogP contribution in [0.25, 0.3) is 22.4 Å². The molecular formula is C21H20N6O. The third-order valence-electron chi connectivity index (χ3n) is 5.35. The normalized spacial score (nSPS) is 19.4. The SMILES string of the molecule is Cn1ncc2c(N3CC[C@](O)(c4ccccc4)C3)nc(-c3cccnc3)nc21. The van der Waals surface area contributed by atoms with Crippen molar-refractivity contribution in [1.82, 2.24) is 24.7 Å². The minimum atomic E-state index is -0.894. The van der Waals surface area contributed by atoms with Gasteiger partial charge in [0.25, 0.3) is 0 Å². The van der Waals surface area contributed by atoms with Gasteiger partial charge in [-0.15, -0.1) is 0 Å². The molecule has 140 valence electrons. The number of aryl methyl sites for hydroxylation is 1. The zero-order chi connectivity index (χ0) is 19.1. The number of nitrogens with zero attached hydrogens (tertiary/aromatic N) is 6. The van der Waals surface area contributed by atoms with Crippen LogP contribution in [0.5, 0.6) is 0 Å². The van der Waals surface area contributed by atoms with Crippen LogP contribution in [0.1, 0.15) is 12.0 Å². The molecule has 0 amide bonds. The van der Waals surface area contributed by atoms with Crippen LogP contribution in [0.2, 0.25) is 0 Å². The van der Waals surface area contributed by atoms with E-state index in [1.54, 1.807) is 23.3 Å². The summed E-state index contributed by atoms with van der Waals surface area (Å²) in [6.07, 6.45) is 5.92. The Morgan fingerprint density at radius 1 is 1.04 bits per heavy atom. The van der Waals surface area contributed by atoms with Gasteiger partial charge in [0.05, 0.1) is 18.1 Å². The Morgan fingerprint density at radius 2 is 1.89 bits per heavy atom. The highest BCUT2D eigenvalue weighted by Crippen LogP contribution is 2.36. The largest absolute Gasteiger partial charge is 0.383 e. The summed E-state index contributed by atoms with van der Waals surface area (Å²) in [5.41, 5.74) is 1.65.